The number of hydrogen-bond donors (Lipinski definition) is 1. The fourth-order valence-electron chi connectivity index (χ4n) is 2.29. The topological polar surface area (TPSA) is 59.3 Å². The predicted octanol–water partition coefficient (Wildman–Crippen LogP) is 3.56. The van der Waals surface area contributed by atoms with Gasteiger partial charge in [-0.1, -0.05) is 17.7 Å². The lowest BCUT2D eigenvalue weighted by atomic mass is 10.2. The third-order valence-electron chi connectivity index (χ3n) is 3.48. The molecule has 3 aromatic rings. The number of rotatable bonds is 2. The van der Waals surface area contributed by atoms with Crippen LogP contribution in [0.25, 0.3) is 5.65 Å². The molecule has 0 aliphatic carbocycles. The third-order valence-corrected chi connectivity index (χ3v) is 3.89. The van der Waals surface area contributed by atoms with E-state index in [0.29, 0.717) is 22.1 Å². The Morgan fingerprint density at radius 3 is 2.77 bits per heavy atom. The molecule has 2 aromatic heterocycles. The van der Waals surface area contributed by atoms with Crippen molar-refractivity contribution in [3.8, 4) is 0 Å². The van der Waals surface area contributed by atoms with Crippen LogP contribution >= 0.6 is 11.6 Å². The molecular weight excluding hydrogens is 300 g/mol. The van der Waals surface area contributed by atoms with Gasteiger partial charge in [0, 0.05) is 22.5 Å². The van der Waals surface area contributed by atoms with Crippen molar-refractivity contribution < 1.29 is 4.79 Å². The number of benzene rings is 1. The van der Waals surface area contributed by atoms with E-state index in [9.17, 15) is 4.79 Å². The van der Waals surface area contributed by atoms with E-state index in [2.05, 4.69) is 15.4 Å². The molecule has 6 heteroatoms. The van der Waals surface area contributed by atoms with Gasteiger partial charge in [-0.15, -0.1) is 0 Å². The van der Waals surface area contributed by atoms with Gasteiger partial charge < -0.3 is 5.32 Å². The van der Waals surface area contributed by atoms with Crippen LogP contribution in [0.3, 0.4) is 0 Å². The van der Waals surface area contributed by atoms with Gasteiger partial charge in [0.05, 0.1) is 5.69 Å². The number of hydrogen-bond acceptors (Lipinski definition) is 3. The molecule has 0 fully saturated rings. The van der Waals surface area contributed by atoms with Crippen molar-refractivity contribution in [2.24, 2.45) is 0 Å². The third kappa shape index (κ3) is 2.55. The number of carbonyl (C=O) groups excluding carboxylic acids is 1. The number of aromatic nitrogens is 3. The first-order chi connectivity index (χ1) is 10.5. The summed E-state index contributed by atoms with van der Waals surface area (Å²) in [5.74, 6) is -0.269. The molecule has 0 saturated heterocycles. The Labute approximate surface area is 132 Å². The van der Waals surface area contributed by atoms with Gasteiger partial charge in [-0.25, -0.2) is 9.50 Å². The molecule has 2 heterocycles. The molecule has 0 saturated carbocycles. The molecule has 0 unspecified atom stereocenters. The Morgan fingerprint density at radius 2 is 2.00 bits per heavy atom. The van der Waals surface area contributed by atoms with Gasteiger partial charge in [0.2, 0.25) is 0 Å². The van der Waals surface area contributed by atoms with Crippen molar-refractivity contribution in [2.75, 3.05) is 5.32 Å². The second-order valence-electron chi connectivity index (χ2n) is 5.21. The quantitative estimate of drug-likeness (QED) is 0.786. The van der Waals surface area contributed by atoms with E-state index >= 15 is 0 Å². The summed E-state index contributed by atoms with van der Waals surface area (Å²) in [6.45, 7) is 5.64. The zero-order valence-corrected chi connectivity index (χ0v) is 13.3. The highest BCUT2D eigenvalue weighted by Gasteiger charge is 2.13. The summed E-state index contributed by atoms with van der Waals surface area (Å²) in [4.78, 5) is 16.8. The van der Waals surface area contributed by atoms with Crippen molar-refractivity contribution in [1.29, 1.82) is 0 Å². The Bertz CT molecular complexity index is 885. The normalized spacial score (nSPS) is 10.9. The number of carbonyl (C=O) groups is 1. The van der Waals surface area contributed by atoms with E-state index < -0.39 is 0 Å². The van der Waals surface area contributed by atoms with Gasteiger partial charge in [0.1, 0.15) is 5.69 Å². The number of aryl methyl sites for hydroxylation is 2. The van der Waals surface area contributed by atoms with Crippen molar-refractivity contribution >= 4 is 28.8 Å². The molecule has 0 radical (unpaired) electrons. The Balaban J connectivity index is 1.97. The van der Waals surface area contributed by atoms with Gasteiger partial charge in [-0.05, 0) is 44.5 Å². The molecule has 3 rings (SSSR count). The lowest BCUT2D eigenvalue weighted by Gasteiger charge is -2.10. The van der Waals surface area contributed by atoms with Crippen molar-refractivity contribution in [3.63, 3.8) is 0 Å². The second-order valence-corrected chi connectivity index (χ2v) is 5.61. The van der Waals surface area contributed by atoms with E-state index in [-0.39, 0.29) is 5.91 Å². The van der Waals surface area contributed by atoms with Crippen LogP contribution in [0.15, 0.2) is 30.3 Å². The molecule has 0 spiro atoms. The zero-order chi connectivity index (χ0) is 15.9. The highest BCUT2D eigenvalue weighted by atomic mass is 35.5. The SMILES string of the molecule is Cc1cc2nc(C(=O)Nc3cccc(Cl)c3C)cc(C)n2n1. The van der Waals surface area contributed by atoms with Crippen molar-refractivity contribution in [2.45, 2.75) is 20.8 Å². The van der Waals surface area contributed by atoms with Crippen LogP contribution in [0.2, 0.25) is 5.02 Å². The highest BCUT2D eigenvalue weighted by Crippen LogP contribution is 2.23. The highest BCUT2D eigenvalue weighted by molar-refractivity contribution is 6.31. The molecular formula is C16H15ClN4O. The number of nitrogens with zero attached hydrogens (tertiary/aromatic N) is 3. The van der Waals surface area contributed by atoms with Crippen LogP contribution in [0.5, 0.6) is 0 Å². The van der Waals surface area contributed by atoms with Crippen LogP contribution in [0, 0.1) is 20.8 Å². The summed E-state index contributed by atoms with van der Waals surface area (Å²) in [5.41, 5.74) is 4.23. The van der Waals surface area contributed by atoms with Crippen LogP contribution < -0.4 is 5.32 Å². The zero-order valence-electron chi connectivity index (χ0n) is 12.5. The Hall–Kier alpha value is -2.40. The maximum Gasteiger partial charge on any atom is 0.274 e. The lowest BCUT2D eigenvalue weighted by molar-refractivity contribution is 0.102. The maximum atomic E-state index is 12.4. The molecule has 22 heavy (non-hydrogen) atoms. The van der Waals surface area contributed by atoms with Crippen LogP contribution in [-0.4, -0.2) is 20.5 Å². The summed E-state index contributed by atoms with van der Waals surface area (Å²) in [6, 6.07) is 8.96. The van der Waals surface area contributed by atoms with Gasteiger partial charge in [0.25, 0.3) is 5.91 Å². The number of fused-ring (bicyclic) bond motifs is 1. The summed E-state index contributed by atoms with van der Waals surface area (Å²) < 4.78 is 1.72. The number of amides is 1. The van der Waals surface area contributed by atoms with Gasteiger partial charge in [0.15, 0.2) is 5.65 Å². The molecule has 1 N–H and O–H groups in total. The summed E-state index contributed by atoms with van der Waals surface area (Å²) in [7, 11) is 0. The van der Waals surface area contributed by atoms with Crippen LogP contribution in [-0.2, 0) is 0 Å². The summed E-state index contributed by atoms with van der Waals surface area (Å²) >= 11 is 6.07. The van der Waals surface area contributed by atoms with Gasteiger partial charge in [-0.2, -0.15) is 5.10 Å². The minimum atomic E-state index is -0.269. The first-order valence-corrected chi connectivity index (χ1v) is 7.24. The van der Waals surface area contributed by atoms with E-state index in [4.69, 9.17) is 11.6 Å². The number of halogens is 1. The number of nitrogens with one attached hydrogen (secondary N) is 1. The summed E-state index contributed by atoms with van der Waals surface area (Å²) in [5, 5.41) is 7.79. The largest absolute Gasteiger partial charge is 0.320 e. The molecule has 0 aliphatic rings. The average Bonchev–Trinajstić information content (AvgIpc) is 2.85. The molecule has 0 aliphatic heterocycles. The molecule has 112 valence electrons. The molecule has 0 atom stereocenters. The van der Waals surface area contributed by atoms with E-state index in [1.54, 1.807) is 22.7 Å². The first-order valence-electron chi connectivity index (χ1n) is 6.86. The smallest absolute Gasteiger partial charge is 0.274 e. The summed E-state index contributed by atoms with van der Waals surface area (Å²) in [6.07, 6.45) is 0. The van der Waals surface area contributed by atoms with Crippen LogP contribution in [0.4, 0.5) is 5.69 Å². The first kappa shape index (κ1) is 14.5. The molecule has 1 amide bonds. The fourth-order valence-corrected chi connectivity index (χ4v) is 2.46. The molecule has 1 aromatic carbocycles. The predicted molar refractivity (Wildman–Crippen MR) is 86.6 cm³/mol. The molecule has 5 nitrogen and oxygen atoms in total. The molecule has 0 bridgehead atoms. The van der Waals surface area contributed by atoms with E-state index in [1.807, 2.05) is 32.9 Å². The monoisotopic (exact) mass is 314 g/mol. The standard InChI is InChI=1S/C16H15ClN4O/c1-9-7-15-18-14(8-10(2)21(15)20-9)16(22)19-13-6-4-5-12(17)11(13)3/h4-8H,1-3H3,(H,19,22). The minimum absolute atomic E-state index is 0.269. The van der Waals surface area contributed by atoms with Crippen LogP contribution in [0.1, 0.15) is 27.4 Å². The lowest BCUT2D eigenvalue weighted by Crippen LogP contribution is -2.16. The minimum Gasteiger partial charge on any atom is -0.320 e. The van der Waals surface area contributed by atoms with Crippen molar-refractivity contribution in [3.05, 3.63) is 58.0 Å². The fraction of sp³-hybridized carbons (Fsp3) is 0.188. The Morgan fingerprint density at radius 1 is 1.23 bits per heavy atom. The van der Waals surface area contributed by atoms with E-state index in [0.717, 1.165) is 17.0 Å². The average molecular weight is 315 g/mol. The Kier molecular flexibility index (Phi) is 3.58. The van der Waals surface area contributed by atoms with Crippen molar-refractivity contribution in [1.82, 2.24) is 14.6 Å². The van der Waals surface area contributed by atoms with Gasteiger partial charge in [-0.3, -0.25) is 4.79 Å². The second kappa shape index (κ2) is 5.42. The van der Waals surface area contributed by atoms with E-state index in [1.165, 1.54) is 0 Å². The maximum absolute atomic E-state index is 12.4. The van der Waals surface area contributed by atoms with Gasteiger partial charge >= 0.3 is 0 Å². The number of anilines is 1.